The van der Waals surface area contributed by atoms with Gasteiger partial charge in [-0.3, -0.25) is 10.1 Å². The standard InChI is InChI=1S/C14H14N4O3/c15-14(19)17-11-7-5-10(6-8-11)9-16-12-3-1-2-4-13(12)18(20)21/h1-8,16H,9H2,(H3,15,17,19). The highest BCUT2D eigenvalue weighted by molar-refractivity contribution is 5.87. The number of para-hydroxylation sites is 2. The molecule has 0 aliphatic rings. The van der Waals surface area contributed by atoms with E-state index in [1.54, 1.807) is 42.5 Å². The van der Waals surface area contributed by atoms with Crippen LogP contribution in [0.15, 0.2) is 48.5 Å². The number of hydrogen-bond donors (Lipinski definition) is 3. The molecule has 2 amide bonds. The molecule has 0 heterocycles. The summed E-state index contributed by atoms with van der Waals surface area (Å²) in [6.07, 6.45) is 0. The van der Waals surface area contributed by atoms with Gasteiger partial charge in [0, 0.05) is 18.3 Å². The summed E-state index contributed by atoms with van der Waals surface area (Å²) in [5, 5.41) is 16.4. The molecule has 0 aliphatic carbocycles. The molecule has 0 aliphatic heterocycles. The third-order valence-corrected chi connectivity index (χ3v) is 2.81. The highest BCUT2D eigenvalue weighted by Gasteiger charge is 2.11. The van der Waals surface area contributed by atoms with Crippen molar-refractivity contribution in [3.8, 4) is 0 Å². The lowest BCUT2D eigenvalue weighted by Gasteiger charge is -2.08. The number of rotatable bonds is 5. The van der Waals surface area contributed by atoms with Gasteiger partial charge >= 0.3 is 6.03 Å². The molecule has 0 spiro atoms. The van der Waals surface area contributed by atoms with Crippen molar-refractivity contribution in [1.82, 2.24) is 0 Å². The molecule has 7 nitrogen and oxygen atoms in total. The summed E-state index contributed by atoms with van der Waals surface area (Å²) in [6, 6.07) is 12.8. The molecule has 0 unspecified atom stereocenters. The van der Waals surface area contributed by atoms with Crippen molar-refractivity contribution in [2.45, 2.75) is 6.54 Å². The molecule has 0 fully saturated rings. The van der Waals surface area contributed by atoms with E-state index in [0.717, 1.165) is 5.56 Å². The summed E-state index contributed by atoms with van der Waals surface area (Å²) in [5.41, 5.74) is 7.02. The van der Waals surface area contributed by atoms with Gasteiger partial charge in [-0.2, -0.15) is 0 Å². The van der Waals surface area contributed by atoms with Crippen LogP contribution in [0.5, 0.6) is 0 Å². The number of amides is 2. The Bertz CT molecular complexity index is 656. The first kappa shape index (κ1) is 14.3. The number of nitrogens with zero attached hydrogens (tertiary/aromatic N) is 1. The first-order valence-electron chi connectivity index (χ1n) is 6.19. The van der Waals surface area contributed by atoms with Crippen LogP contribution in [0.4, 0.5) is 21.9 Å². The number of benzene rings is 2. The summed E-state index contributed by atoms with van der Waals surface area (Å²) in [7, 11) is 0. The second-order valence-corrected chi connectivity index (χ2v) is 4.31. The van der Waals surface area contributed by atoms with Crippen LogP contribution in [0.25, 0.3) is 0 Å². The van der Waals surface area contributed by atoms with Crippen LogP contribution in [0, 0.1) is 10.1 Å². The Morgan fingerprint density at radius 2 is 1.81 bits per heavy atom. The minimum atomic E-state index is -0.624. The molecular weight excluding hydrogens is 272 g/mol. The Labute approximate surface area is 120 Å². The first-order valence-corrected chi connectivity index (χ1v) is 6.19. The number of hydrogen-bond acceptors (Lipinski definition) is 4. The minimum Gasteiger partial charge on any atom is -0.375 e. The van der Waals surface area contributed by atoms with Gasteiger partial charge in [0.1, 0.15) is 5.69 Å². The molecule has 7 heteroatoms. The number of carbonyl (C=O) groups is 1. The molecule has 2 rings (SSSR count). The van der Waals surface area contributed by atoms with E-state index in [1.807, 2.05) is 0 Å². The summed E-state index contributed by atoms with van der Waals surface area (Å²) in [6.45, 7) is 0.432. The zero-order valence-electron chi connectivity index (χ0n) is 11.1. The maximum Gasteiger partial charge on any atom is 0.316 e. The predicted molar refractivity (Wildman–Crippen MR) is 80.1 cm³/mol. The van der Waals surface area contributed by atoms with Crippen LogP contribution in [0.2, 0.25) is 0 Å². The quantitative estimate of drug-likeness (QED) is 0.579. The van der Waals surface area contributed by atoms with Crippen LogP contribution in [0.1, 0.15) is 5.56 Å². The van der Waals surface area contributed by atoms with Crippen molar-refractivity contribution in [1.29, 1.82) is 0 Å². The van der Waals surface area contributed by atoms with Crippen LogP contribution in [-0.2, 0) is 6.54 Å². The summed E-state index contributed by atoms with van der Waals surface area (Å²) in [5.74, 6) is 0. The Balaban J connectivity index is 2.03. The topological polar surface area (TPSA) is 110 Å². The van der Waals surface area contributed by atoms with E-state index in [0.29, 0.717) is 17.9 Å². The molecule has 0 bridgehead atoms. The Morgan fingerprint density at radius 1 is 1.14 bits per heavy atom. The van der Waals surface area contributed by atoms with Crippen molar-refractivity contribution in [3.05, 3.63) is 64.2 Å². The van der Waals surface area contributed by atoms with Gasteiger partial charge in [0.2, 0.25) is 0 Å². The van der Waals surface area contributed by atoms with Crippen molar-refractivity contribution in [2.24, 2.45) is 5.73 Å². The van der Waals surface area contributed by atoms with Crippen LogP contribution in [-0.4, -0.2) is 11.0 Å². The molecule has 0 aromatic heterocycles. The van der Waals surface area contributed by atoms with Gasteiger partial charge in [0.05, 0.1) is 4.92 Å². The van der Waals surface area contributed by atoms with E-state index in [-0.39, 0.29) is 5.69 Å². The average molecular weight is 286 g/mol. The molecule has 4 N–H and O–H groups in total. The molecule has 108 valence electrons. The maximum atomic E-state index is 10.9. The molecular formula is C14H14N4O3. The minimum absolute atomic E-state index is 0.0320. The van der Waals surface area contributed by atoms with Crippen LogP contribution >= 0.6 is 0 Å². The van der Waals surface area contributed by atoms with E-state index >= 15 is 0 Å². The number of primary amides is 1. The molecule has 0 radical (unpaired) electrons. The highest BCUT2D eigenvalue weighted by Crippen LogP contribution is 2.23. The molecule has 2 aromatic carbocycles. The van der Waals surface area contributed by atoms with Gasteiger partial charge in [0.25, 0.3) is 5.69 Å². The molecule has 0 saturated heterocycles. The van der Waals surface area contributed by atoms with Crippen molar-refractivity contribution in [2.75, 3.05) is 10.6 Å². The number of nitrogens with one attached hydrogen (secondary N) is 2. The number of nitro benzene ring substituents is 1. The fourth-order valence-electron chi connectivity index (χ4n) is 1.83. The first-order chi connectivity index (χ1) is 10.1. The van der Waals surface area contributed by atoms with Gasteiger partial charge < -0.3 is 16.4 Å². The van der Waals surface area contributed by atoms with Crippen molar-refractivity contribution < 1.29 is 9.72 Å². The van der Waals surface area contributed by atoms with E-state index < -0.39 is 11.0 Å². The summed E-state index contributed by atoms with van der Waals surface area (Å²) < 4.78 is 0. The average Bonchev–Trinajstić information content (AvgIpc) is 2.46. The summed E-state index contributed by atoms with van der Waals surface area (Å²) >= 11 is 0. The summed E-state index contributed by atoms with van der Waals surface area (Å²) in [4.78, 5) is 21.2. The normalized spacial score (nSPS) is 9.90. The Morgan fingerprint density at radius 3 is 2.43 bits per heavy atom. The fraction of sp³-hybridized carbons (Fsp3) is 0.0714. The van der Waals surface area contributed by atoms with E-state index in [1.165, 1.54) is 6.07 Å². The Hall–Kier alpha value is -3.09. The number of carbonyl (C=O) groups excluding carboxylic acids is 1. The van der Waals surface area contributed by atoms with Crippen LogP contribution in [0.3, 0.4) is 0 Å². The fourth-order valence-corrected chi connectivity index (χ4v) is 1.83. The largest absolute Gasteiger partial charge is 0.375 e. The van der Waals surface area contributed by atoms with Crippen molar-refractivity contribution in [3.63, 3.8) is 0 Å². The Kier molecular flexibility index (Phi) is 4.35. The SMILES string of the molecule is NC(=O)Nc1ccc(CNc2ccccc2[N+](=O)[O-])cc1. The number of urea groups is 1. The monoisotopic (exact) mass is 286 g/mol. The molecule has 21 heavy (non-hydrogen) atoms. The lowest BCUT2D eigenvalue weighted by atomic mass is 10.2. The highest BCUT2D eigenvalue weighted by atomic mass is 16.6. The van der Waals surface area contributed by atoms with Gasteiger partial charge in [0.15, 0.2) is 0 Å². The number of nitrogens with two attached hydrogens (primary N) is 1. The van der Waals surface area contributed by atoms with E-state index in [2.05, 4.69) is 10.6 Å². The maximum absolute atomic E-state index is 10.9. The van der Waals surface area contributed by atoms with Crippen molar-refractivity contribution >= 4 is 23.1 Å². The number of nitro groups is 1. The van der Waals surface area contributed by atoms with Gasteiger partial charge in [-0.1, -0.05) is 24.3 Å². The zero-order chi connectivity index (χ0) is 15.2. The van der Waals surface area contributed by atoms with Gasteiger partial charge in [-0.25, -0.2) is 4.79 Å². The van der Waals surface area contributed by atoms with E-state index in [9.17, 15) is 14.9 Å². The lowest BCUT2D eigenvalue weighted by Crippen LogP contribution is -2.19. The van der Waals surface area contributed by atoms with E-state index in [4.69, 9.17) is 5.73 Å². The zero-order valence-corrected chi connectivity index (χ0v) is 11.1. The third kappa shape index (κ3) is 3.93. The second-order valence-electron chi connectivity index (χ2n) is 4.31. The van der Waals surface area contributed by atoms with Gasteiger partial charge in [-0.15, -0.1) is 0 Å². The lowest BCUT2D eigenvalue weighted by molar-refractivity contribution is -0.384. The van der Waals surface area contributed by atoms with Gasteiger partial charge in [-0.05, 0) is 23.8 Å². The molecule has 0 saturated carbocycles. The predicted octanol–water partition coefficient (Wildman–Crippen LogP) is 2.70. The molecule has 0 atom stereocenters. The second kappa shape index (κ2) is 6.38. The third-order valence-electron chi connectivity index (χ3n) is 2.81. The smallest absolute Gasteiger partial charge is 0.316 e. The molecule has 2 aromatic rings. The van der Waals surface area contributed by atoms with Crippen LogP contribution < -0.4 is 16.4 Å². The number of anilines is 2.